The molecular formula is C20H14NO2P. The van der Waals surface area contributed by atoms with Crippen LogP contribution in [0.1, 0.15) is 0 Å². The zero-order chi connectivity index (χ0) is 16.1. The summed E-state index contributed by atoms with van der Waals surface area (Å²) < 4.78 is 11.8. The minimum absolute atomic E-state index is 0.775. The van der Waals surface area contributed by atoms with Crippen LogP contribution in [0.2, 0.25) is 0 Å². The molecule has 0 aliphatic rings. The number of rotatable bonds is 0. The molecular weight excluding hydrogens is 317 g/mol. The van der Waals surface area contributed by atoms with Crippen molar-refractivity contribution in [2.75, 3.05) is 5.50 Å². The Labute approximate surface area is 138 Å². The number of benzene rings is 4. The van der Waals surface area contributed by atoms with Gasteiger partial charge in [-0.15, -0.1) is 0 Å². The highest BCUT2D eigenvalue weighted by Crippen LogP contribution is 2.38. The summed E-state index contributed by atoms with van der Waals surface area (Å²) in [6, 6.07) is 24.7. The fourth-order valence-electron chi connectivity index (χ4n) is 3.38. The van der Waals surface area contributed by atoms with Gasteiger partial charge in [0.25, 0.3) is 0 Å². The third-order valence-electron chi connectivity index (χ3n) is 4.41. The average Bonchev–Trinajstić information content (AvgIpc) is 2.77. The lowest BCUT2D eigenvalue weighted by molar-refractivity contribution is 0.648. The van der Waals surface area contributed by atoms with E-state index in [1.165, 1.54) is 10.8 Å². The smallest absolute Gasteiger partial charge is 0.303 e. The maximum absolute atomic E-state index is 6.07. The first-order valence-corrected chi connectivity index (χ1v) is 9.00. The highest BCUT2D eigenvalue weighted by atomic mass is 31.1. The van der Waals surface area contributed by atoms with Crippen LogP contribution in [-0.2, 0) is 0 Å². The van der Waals surface area contributed by atoms with Crippen LogP contribution in [0.25, 0.3) is 43.5 Å². The van der Waals surface area contributed by atoms with Crippen LogP contribution >= 0.6 is 8.16 Å². The second kappa shape index (κ2) is 5.13. The lowest BCUT2D eigenvalue weighted by Gasteiger charge is -2.05. The van der Waals surface area contributed by atoms with Crippen molar-refractivity contribution in [2.45, 2.75) is 0 Å². The Balaban J connectivity index is 2.23. The maximum Gasteiger partial charge on any atom is 0.303 e. The maximum atomic E-state index is 6.07. The molecule has 0 fully saturated rings. The Hall–Kier alpha value is -2.74. The fourth-order valence-corrected chi connectivity index (χ4v) is 4.11. The molecule has 0 spiro atoms. The van der Waals surface area contributed by atoms with Crippen molar-refractivity contribution in [3.05, 3.63) is 72.8 Å². The van der Waals surface area contributed by atoms with Crippen molar-refractivity contribution in [1.82, 2.24) is 0 Å². The molecule has 2 N–H and O–H groups in total. The van der Waals surface area contributed by atoms with Gasteiger partial charge >= 0.3 is 8.16 Å². The second-order valence-corrected chi connectivity index (χ2v) is 6.72. The van der Waals surface area contributed by atoms with Crippen molar-refractivity contribution in [1.29, 1.82) is 0 Å². The number of hydrogen-bond donors (Lipinski definition) is 1. The molecule has 116 valence electrons. The van der Waals surface area contributed by atoms with E-state index in [4.69, 9.17) is 13.9 Å². The van der Waals surface area contributed by atoms with E-state index in [0.717, 1.165) is 32.7 Å². The highest BCUT2D eigenvalue weighted by Gasteiger charge is 2.11. The number of nitrogen functional groups attached to an aromatic ring is 1. The molecule has 0 radical (unpaired) electrons. The Morgan fingerprint density at radius 1 is 0.583 bits per heavy atom. The third-order valence-corrected chi connectivity index (χ3v) is 5.16. The van der Waals surface area contributed by atoms with E-state index in [9.17, 15) is 0 Å². The number of fused-ring (bicyclic) bond motifs is 7. The third kappa shape index (κ3) is 1.96. The summed E-state index contributed by atoms with van der Waals surface area (Å²) in [5.41, 5.74) is 7.62. The molecule has 0 saturated heterocycles. The summed E-state index contributed by atoms with van der Waals surface area (Å²) in [6.07, 6.45) is 0. The van der Waals surface area contributed by atoms with Gasteiger partial charge in [-0.3, -0.25) is 0 Å². The van der Waals surface area contributed by atoms with Gasteiger partial charge in [-0.1, -0.05) is 60.7 Å². The second-order valence-electron chi connectivity index (χ2n) is 5.79. The molecule has 0 bridgehead atoms. The normalized spacial score (nSPS) is 11.5. The molecule has 4 heteroatoms. The minimum Gasteiger partial charge on any atom is -0.408 e. The Morgan fingerprint density at radius 3 is 1.54 bits per heavy atom. The Kier molecular flexibility index (Phi) is 2.93. The summed E-state index contributed by atoms with van der Waals surface area (Å²) in [5.74, 6) is 0. The van der Waals surface area contributed by atoms with E-state index in [0.29, 0.717) is 0 Å². The lowest BCUT2D eigenvalue weighted by atomic mass is 9.99. The van der Waals surface area contributed by atoms with E-state index in [-0.39, 0.29) is 0 Å². The first-order chi connectivity index (χ1) is 11.8. The average molecular weight is 331 g/mol. The standard InChI is InChI=1S/C20H14NO2P/c21-24-22-17-11-9-13-5-1-3-7-15(13)19(17)20-16-8-4-2-6-14(16)10-12-18(20)23-24/h1-12H,21H2. The molecule has 0 unspecified atom stereocenters. The molecule has 5 aromatic rings. The van der Waals surface area contributed by atoms with Gasteiger partial charge in [0.2, 0.25) is 0 Å². The van der Waals surface area contributed by atoms with Crippen LogP contribution in [0.15, 0.2) is 81.2 Å². The van der Waals surface area contributed by atoms with Crippen molar-refractivity contribution < 1.29 is 8.39 Å². The number of hydrogen-bond acceptors (Lipinski definition) is 3. The molecule has 1 heterocycles. The zero-order valence-electron chi connectivity index (χ0n) is 12.8. The molecule has 4 aromatic carbocycles. The summed E-state index contributed by atoms with van der Waals surface area (Å²) in [4.78, 5) is 0. The van der Waals surface area contributed by atoms with E-state index in [2.05, 4.69) is 36.4 Å². The number of nitrogens with two attached hydrogens (primary N) is 1. The van der Waals surface area contributed by atoms with Crippen molar-refractivity contribution in [3.8, 4) is 0 Å². The van der Waals surface area contributed by atoms with E-state index >= 15 is 0 Å². The zero-order valence-corrected chi connectivity index (χ0v) is 13.7. The predicted octanol–water partition coefficient (Wildman–Crippen LogP) is 6.31. The van der Waals surface area contributed by atoms with Gasteiger partial charge in [0.1, 0.15) is 11.2 Å². The van der Waals surface area contributed by atoms with Gasteiger partial charge in [0, 0.05) is 10.8 Å². The van der Waals surface area contributed by atoms with Crippen molar-refractivity contribution in [3.63, 3.8) is 0 Å². The quantitative estimate of drug-likeness (QED) is 0.362. The molecule has 0 aliphatic carbocycles. The largest absolute Gasteiger partial charge is 0.408 e. The van der Waals surface area contributed by atoms with Gasteiger partial charge in [0.05, 0.1) is 0 Å². The summed E-state index contributed by atoms with van der Waals surface area (Å²) in [6.45, 7) is 0. The van der Waals surface area contributed by atoms with Crippen LogP contribution < -0.4 is 5.50 Å². The minimum atomic E-state index is -1.50. The monoisotopic (exact) mass is 331 g/mol. The van der Waals surface area contributed by atoms with Crippen molar-refractivity contribution in [2.24, 2.45) is 0 Å². The van der Waals surface area contributed by atoms with Gasteiger partial charge in [-0.05, 0) is 33.7 Å². The molecule has 0 atom stereocenters. The van der Waals surface area contributed by atoms with Gasteiger partial charge in [-0.25, -0.2) is 5.50 Å². The molecule has 0 amide bonds. The van der Waals surface area contributed by atoms with Crippen LogP contribution in [0.5, 0.6) is 0 Å². The van der Waals surface area contributed by atoms with Gasteiger partial charge in [-0.2, -0.15) is 0 Å². The summed E-state index contributed by atoms with van der Waals surface area (Å²) in [7, 11) is -1.50. The molecule has 0 aliphatic heterocycles. The SMILES string of the molecule is Np1oc2ccc3ccccc3c2c2c(ccc3ccccc32)o1. The molecule has 0 saturated carbocycles. The first-order valence-electron chi connectivity index (χ1n) is 7.76. The first kappa shape index (κ1) is 13.7. The van der Waals surface area contributed by atoms with Crippen molar-refractivity contribution >= 4 is 51.6 Å². The summed E-state index contributed by atoms with van der Waals surface area (Å²) in [5, 5.41) is 6.72. The molecule has 24 heavy (non-hydrogen) atoms. The van der Waals surface area contributed by atoms with Crippen LogP contribution in [-0.4, -0.2) is 0 Å². The van der Waals surface area contributed by atoms with E-state index < -0.39 is 8.16 Å². The van der Waals surface area contributed by atoms with Crippen LogP contribution in [0.3, 0.4) is 0 Å². The fraction of sp³-hybridized carbons (Fsp3) is 0. The summed E-state index contributed by atoms with van der Waals surface area (Å²) >= 11 is 0. The Bertz CT molecular complexity index is 1180. The van der Waals surface area contributed by atoms with Crippen LogP contribution in [0.4, 0.5) is 0 Å². The predicted molar refractivity (Wildman–Crippen MR) is 101 cm³/mol. The topological polar surface area (TPSA) is 52.3 Å². The van der Waals surface area contributed by atoms with Gasteiger partial charge in [0.15, 0.2) is 0 Å². The lowest BCUT2D eigenvalue weighted by Crippen LogP contribution is -1.79. The van der Waals surface area contributed by atoms with Gasteiger partial charge < -0.3 is 8.39 Å². The molecule has 1 aromatic heterocycles. The molecule has 3 nitrogen and oxygen atoms in total. The van der Waals surface area contributed by atoms with E-state index in [1.807, 2.05) is 36.4 Å². The highest BCUT2D eigenvalue weighted by molar-refractivity contribution is 7.36. The van der Waals surface area contributed by atoms with E-state index in [1.54, 1.807) is 0 Å². The molecule has 5 rings (SSSR count). The van der Waals surface area contributed by atoms with Crippen LogP contribution in [0, 0.1) is 0 Å². The Morgan fingerprint density at radius 2 is 1.04 bits per heavy atom.